The zero-order chi connectivity index (χ0) is 18.8. The minimum atomic E-state index is -0.0264. The van der Waals surface area contributed by atoms with E-state index in [9.17, 15) is 4.79 Å². The number of hydrogen-bond donors (Lipinski definition) is 1. The van der Waals surface area contributed by atoms with Gasteiger partial charge in [0, 0.05) is 29.5 Å². The molecule has 1 atom stereocenters. The van der Waals surface area contributed by atoms with Crippen LogP contribution in [0.3, 0.4) is 0 Å². The molecule has 27 heavy (non-hydrogen) atoms. The summed E-state index contributed by atoms with van der Waals surface area (Å²) < 4.78 is 11.9. The topological polar surface area (TPSA) is 64.4 Å². The molecule has 4 rings (SSSR count). The number of hydrogen-bond acceptors (Lipinski definition) is 5. The number of furan rings is 1. The third-order valence-electron chi connectivity index (χ3n) is 4.55. The Kier molecular flexibility index (Phi) is 4.81. The van der Waals surface area contributed by atoms with E-state index in [4.69, 9.17) is 9.15 Å². The molecular weight excluding hydrogens is 360 g/mol. The van der Waals surface area contributed by atoms with Crippen molar-refractivity contribution in [1.82, 2.24) is 10.3 Å². The Hall–Kier alpha value is -2.86. The van der Waals surface area contributed by atoms with Crippen LogP contribution >= 0.6 is 11.3 Å². The summed E-state index contributed by atoms with van der Waals surface area (Å²) in [5.74, 6) is 0.871. The molecule has 138 valence electrons. The normalized spacial score (nSPS) is 12.4. The average Bonchev–Trinajstić information content (AvgIpc) is 3.30. The molecule has 0 saturated carbocycles. The molecule has 1 unspecified atom stereocenters. The summed E-state index contributed by atoms with van der Waals surface area (Å²) >= 11 is 1.68. The number of thiazole rings is 1. The molecule has 2 aromatic carbocycles. The number of ether oxygens (including phenoxy) is 1. The summed E-state index contributed by atoms with van der Waals surface area (Å²) in [5, 5.41) is 4.99. The first kappa shape index (κ1) is 17.5. The Balaban J connectivity index is 1.39. The lowest BCUT2D eigenvalue weighted by atomic mass is 10.1. The molecule has 0 spiro atoms. The second-order valence-electron chi connectivity index (χ2n) is 6.52. The van der Waals surface area contributed by atoms with Gasteiger partial charge in [-0.05, 0) is 24.3 Å². The summed E-state index contributed by atoms with van der Waals surface area (Å²) in [6.45, 7) is 2.64. The van der Waals surface area contributed by atoms with Crippen molar-refractivity contribution in [2.24, 2.45) is 0 Å². The van der Waals surface area contributed by atoms with E-state index in [1.54, 1.807) is 24.7 Å². The minimum absolute atomic E-state index is 0.0264. The van der Waals surface area contributed by atoms with Crippen LogP contribution in [0.2, 0.25) is 0 Å². The fourth-order valence-electron chi connectivity index (χ4n) is 3.02. The van der Waals surface area contributed by atoms with Gasteiger partial charge in [0.2, 0.25) is 5.91 Å². The highest BCUT2D eigenvalue weighted by molar-refractivity contribution is 7.18. The number of benzene rings is 2. The van der Waals surface area contributed by atoms with Gasteiger partial charge >= 0.3 is 0 Å². The third-order valence-corrected chi connectivity index (χ3v) is 5.82. The van der Waals surface area contributed by atoms with Crippen molar-refractivity contribution < 1.29 is 13.9 Å². The van der Waals surface area contributed by atoms with Gasteiger partial charge in [0.25, 0.3) is 0 Å². The van der Waals surface area contributed by atoms with Crippen LogP contribution in [-0.2, 0) is 11.2 Å². The summed E-state index contributed by atoms with van der Waals surface area (Å²) in [6, 6.07) is 13.7. The van der Waals surface area contributed by atoms with Crippen LogP contribution in [0.1, 0.15) is 23.4 Å². The van der Waals surface area contributed by atoms with E-state index in [1.165, 1.54) is 4.70 Å². The number of fused-ring (bicyclic) bond motifs is 2. The molecule has 5 nitrogen and oxygen atoms in total. The van der Waals surface area contributed by atoms with E-state index in [1.807, 2.05) is 36.4 Å². The SMILES string of the molecule is COc1ccc2c(CC(=O)NCC(C)c3nc4ccccc4s3)coc2c1. The number of methoxy groups -OCH3 is 1. The molecule has 1 N–H and O–H groups in total. The van der Waals surface area contributed by atoms with Crippen molar-refractivity contribution in [3.8, 4) is 5.75 Å². The fraction of sp³-hybridized carbons (Fsp3) is 0.238. The molecule has 1 amide bonds. The van der Waals surface area contributed by atoms with E-state index in [0.29, 0.717) is 6.54 Å². The second kappa shape index (κ2) is 7.40. The zero-order valence-corrected chi connectivity index (χ0v) is 16.0. The molecule has 0 aliphatic carbocycles. The van der Waals surface area contributed by atoms with Gasteiger partial charge in [-0.3, -0.25) is 4.79 Å². The van der Waals surface area contributed by atoms with Crippen LogP contribution in [0.4, 0.5) is 0 Å². The largest absolute Gasteiger partial charge is 0.497 e. The standard InChI is InChI=1S/C21H20N2O3S/c1-13(21-23-17-5-3-4-6-19(17)27-21)11-22-20(24)9-14-12-26-18-10-15(25-2)7-8-16(14)18/h3-8,10,12-13H,9,11H2,1-2H3,(H,22,24). The van der Waals surface area contributed by atoms with Gasteiger partial charge in [-0.1, -0.05) is 19.1 Å². The van der Waals surface area contributed by atoms with Gasteiger partial charge in [-0.15, -0.1) is 11.3 Å². The highest BCUT2D eigenvalue weighted by Crippen LogP contribution is 2.27. The first-order valence-electron chi connectivity index (χ1n) is 8.80. The number of carbonyl (C=O) groups is 1. The lowest BCUT2D eigenvalue weighted by molar-refractivity contribution is -0.120. The predicted molar refractivity (Wildman–Crippen MR) is 108 cm³/mol. The first-order valence-corrected chi connectivity index (χ1v) is 9.62. The molecule has 6 heteroatoms. The van der Waals surface area contributed by atoms with Crippen molar-refractivity contribution in [3.63, 3.8) is 0 Å². The van der Waals surface area contributed by atoms with Gasteiger partial charge in [-0.25, -0.2) is 4.98 Å². The van der Waals surface area contributed by atoms with E-state index in [-0.39, 0.29) is 18.2 Å². The first-order chi connectivity index (χ1) is 13.1. The van der Waals surface area contributed by atoms with Gasteiger partial charge < -0.3 is 14.5 Å². The van der Waals surface area contributed by atoms with Crippen LogP contribution in [-0.4, -0.2) is 24.5 Å². The third kappa shape index (κ3) is 3.66. The number of carbonyl (C=O) groups excluding carboxylic acids is 1. The number of nitrogens with one attached hydrogen (secondary N) is 1. The van der Waals surface area contributed by atoms with Crippen molar-refractivity contribution >= 4 is 38.4 Å². The van der Waals surface area contributed by atoms with E-state index >= 15 is 0 Å². The lowest BCUT2D eigenvalue weighted by Crippen LogP contribution is -2.28. The number of aromatic nitrogens is 1. The fourth-order valence-corrected chi connectivity index (χ4v) is 4.04. The maximum Gasteiger partial charge on any atom is 0.224 e. The molecule has 0 aliphatic heterocycles. The van der Waals surface area contributed by atoms with E-state index in [2.05, 4.69) is 23.3 Å². The van der Waals surface area contributed by atoms with Crippen LogP contribution in [0.5, 0.6) is 5.75 Å². The average molecular weight is 380 g/mol. The van der Waals surface area contributed by atoms with Crippen molar-refractivity contribution in [2.75, 3.05) is 13.7 Å². The Morgan fingerprint density at radius 1 is 1.30 bits per heavy atom. The van der Waals surface area contributed by atoms with Crippen molar-refractivity contribution in [1.29, 1.82) is 0 Å². The molecular formula is C21H20N2O3S. The number of rotatable bonds is 6. The van der Waals surface area contributed by atoms with Gasteiger partial charge in [0.1, 0.15) is 11.3 Å². The highest BCUT2D eigenvalue weighted by atomic mass is 32.1. The Morgan fingerprint density at radius 2 is 2.15 bits per heavy atom. The van der Waals surface area contributed by atoms with Crippen LogP contribution < -0.4 is 10.1 Å². The van der Waals surface area contributed by atoms with Crippen molar-refractivity contribution in [2.45, 2.75) is 19.3 Å². The monoisotopic (exact) mass is 380 g/mol. The van der Waals surface area contributed by atoms with Crippen LogP contribution in [0.25, 0.3) is 21.2 Å². The lowest BCUT2D eigenvalue weighted by Gasteiger charge is -2.09. The summed E-state index contributed by atoms with van der Waals surface area (Å²) in [6.07, 6.45) is 1.92. The van der Waals surface area contributed by atoms with Crippen LogP contribution in [0, 0.1) is 0 Å². The number of nitrogens with zero attached hydrogens (tertiary/aromatic N) is 1. The van der Waals surface area contributed by atoms with Gasteiger partial charge in [0.05, 0.1) is 35.0 Å². The van der Waals surface area contributed by atoms with E-state index in [0.717, 1.165) is 32.8 Å². The molecule has 2 aromatic heterocycles. The Labute approximate surface area is 161 Å². The van der Waals surface area contributed by atoms with E-state index < -0.39 is 0 Å². The van der Waals surface area contributed by atoms with Crippen LogP contribution in [0.15, 0.2) is 53.1 Å². The van der Waals surface area contributed by atoms with Gasteiger partial charge in [0.15, 0.2) is 0 Å². The Morgan fingerprint density at radius 3 is 2.96 bits per heavy atom. The predicted octanol–water partition coefficient (Wildman–Crippen LogP) is 4.51. The maximum atomic E-state index is 12.4. The second-order valence-corrected chi connectivity index (χ2v) is 7.59. The zero-order valence-electron chi connectivity index (χ0n) is 15.2. The van der Waals surface area contributed by atoms with Crippen molar-refractivity contribution in [3.05, 3.63) is 59.3 Å². The summed E-state index contributed by atoms with van der Waals surface area (Å²) in [5.41, 5.74) is 2.61. The van der Waals surface area contributed by atoms with Gasteiger partial charge in [-0.2, -0.15) is 0 Å². The molecule has 0 bridgehead atoms. The maximum absolute atomic E-state index is 12.4. The molecule has 4 aromatic rings. The quantitative estimate of drug-likeness (QED) is 0.534. The number of amides is 1. The number of para-hydroxylation sites is 1. The smallest absolute Gasteiger partial charge is 0.224 e. The molecule has 0 saturated heterocycles. The Bertz CT molecular complexity index is 1070. The highest BCUT2D eigenvalue weighted by Gasteiger charge is 2.15. The molecule has 2 heterocycles. The summed E-state index contributed by atoms with van der Waals surface area (Å²) in [4.78, 5) is 17.1. The molecule has 0 fully saturated rings. The minimum Gasteiger partial charge on any atom is -0.497 e. The summed E-state index contributed by atoms with van der Waals surface area (Å²) in [7, 11) is 1.62. The molecule has 0 radical (unpaired) electrons. The molecule has 0 aliphatic rings.